The molecule has 2 heterocycles. The third-order valence-electron chi connectivity index (χ3n) is 4.87. The van der Waals surface area contributed by atoms with Crippen LogP contribution in [0.25, 0.3) is 0 Å². The molecule has 1 aliphatic heterocycles. The molecule has 1 aromatic heterocycles. The molecule has 0 aromatic carbocycles. The first-order valence-corrected chi connectivity index (χ1v) is 8.54. The molecule has 0 saturated heterocycles. The van der Waals surface area contributed by atoms with Gasteiger partial charge in [0.05, 0.1) is 11.6 Å². The highest BCUT2D eigenvalue weighted by Gasteiger charge is 2.43. The molecule has 25 heavy (non-hydrogen) atoms. The van der Waals surface area contributed by atoms with Gasteiger partial charge in [-0.15, -0.1) is 0 Å². The van der Waals surface area contributed by atoms with E-state index in [1.807, 2.05) is 45.5 Å². The number of aromatic nitrogens is 2. The van der Waals surface area contributed by atoms with Crippen LogP contribution in [-0.4, -0.2) is 15.6 Å². The number of hydrogen-bond donors (Lipinski definition) is 1. The number of ether oxygens (including phenoxy) is 1. The lowest BCUT2D eigenvalue weighted by molar-refractivity contribution is -0.119. The van der Waals surface area contributed by atoms with E-state index in [4.69, 9.17) is 10.5 Å². The number of allylic oxidation sites excluding steroid dienone is 3. The number of nitrogens with zero attached hydrogens (tertiary/aromatic N) is 3. The van der Waals surface area contributed by atoms with Crippen LogP contribution in [0.4, 0.5) is 0 Å². The van der Waals surface area contributed by atoms with Crippen molar-refractivity contribution >= 4 is 5.78 Å². The molecule has 6 heteroatoms. The first kappa shape index (κ1) is 17.3. The predicted octanol–water partition coefficient (Wildman–Crippen LogP) is 3.22. The summed E-state index contributed by atoms with van der Waals surface area (Å²) in [5, 5.41) is 14.2. The maximum absolute atomic E-state index is 12.9. The molecule has 0 spiro atoms. The number of hydrogen-bond acceptors (Lipinski definition) is 5. The van der Waals surface area contributed by atoms with Crippen LogP contribution in [0, 0.1) is 23.7 Å². The van der Waals surface area contributed by atoms with E-state index in [1.165, 1.54) is 0 Å². The largest absolute Gasteiger partial charge is 0.444 e. The molecule has 0 saturated carbocycles. The SMILES string of the molecule is Cc1nn(C(C)C)cc1[C@H]1C(C#N)=C(N)OC2=C1C(=O)CC(C)(C)C2. The molecule has 1 atom stereocenters. The number of aryl methyl sites for hydroxylation is 1. The summed E-state index contributed by atoms with van der Waals surface area (Å²) in [6.45, 7) is 10.0. The van der Waals surface area contributed by atoms with E-state index in [9.17, 15) is 10.1 Å². The van der Waals surface area contributed by atoms with Crippen LogP contribution in [0.1, 0.15) is 63.8 Å². The second kappa shape index (κ2) is 5.76. The average molecular weight is 340 g/mol. The molecule has 132 valence electrons. The lowest BCUT2D eigenvalue weighted by Gasteiger charge is -2.37. The number of nitriles is 1. The molecule has 1 aromatic rings. The van der Waals surface area contributed by atoms with Crippen molar-refractivity contribution in [2.75, 3.05) is 0 Å². The van der Waals surface area contributed by atoms with E-state index < -0.39 is 5.92 Å². The summed E-state index contributed by atoms with van der Waals surface area (Å²) in [6.07, 6.45) is 2.97. The zero-order valence-corrected chi connectivity index (χ0v) is 15.4. The van der Waals surface area contributed by atoms with Gasteiger partial charge in [-0.25, -0.2) is 0 Å². The van der Waals surface area contributed by atoms with Gasteiger partial charge in [-0.3, -0.25) is 9.48 Å². The maximum Gasteiger partial charge on any atom is 0.205 e. The van der Waals surface area contributed by atoms with Crippen molar-refractivity contribution in [3.63, 3.8) is 0 Å². The number of carbonyl (C=O) groups excluding carboxylic acids is 1. The first-order valence-electron chi connectivity index (χ1n) is 8.54. The molecule has 1 aliphatic carbocycles. The second-order valence-electron chi connectivity index (χ2n) is 7.95. The summed E-state index contributed by atoms with van der Waals surface area (Å²) in [7, 11) is 0. The number of ketones is 1. The van der Waals surface area contributed by atoms with Gasteiger partial charge in [-0.2, -0.15) is 10.4 Å². The smallest absolute Gasteiger partial charge is 0.205 e. The maximum atomic E-state index is 12.9. The summed E-state index contributed by atoms with van der Waals surface area (Å²) in [6, 6.07) is 2.34. The van der Waals surface area contributed by atoms with Gasteiger partial charge in [0.15, 0.2) is 5.78 Å². The summed E-state index contributed by atoms with van der Waals surface area (Å²) >= 11 is 0. The normalized spacial score (nSPS) is 22.8. The average Bonchev–Trinajstić information content (AvgIpc) is 2.86. The fourth-order valence-electron chi connectivity index (χ4n) is 3.64. The first-order chi connectivity index (χ1) is 11.6. The highest BCUT2D eigenvalue weighted by atomic mass is 16.5. The number of carbonyl (C=O) groups is 1. The minimum Gasteiger partial charge on any atom is -0.444 e. The van der Waals surface area contributed by atoms with Crippen LogP contribution < -0.4 is 5.73 Å². The number of Topliss-reactive ketones (excluding diaryl/α,β-unsaturated/α-hetero) is 1. The molecule has 0 radical (unpaired) electrons. The van der Waals surface area contributed by atoms with Crippen LogP contribution in [0.5, 0.6) is 0 Å². The monoisotopic (exact) mass is 340 g/mol. The van der Waals surface area contributed by atoms with E-state index in [2.05, 4.69) is 11.2 Å². The van der Waals surface area contributed by atoms with E-state index >= 15 is 0 Å². The standard InChI is InChI=1S/C19H24N4O2/c1-10(2)23-9-13(11(3)22-23)16-12(8-20)18(21)25-15-7-19(4,5)6-14(24)17(15)16/h9-10,16H,6-7,21H2,1-5H3/t16-/m1/s1. The predicted molar refractivity (Wildman–Crippen MR) is 93.0 cm³/mol. The van der Waals surface area contributed by atoms with Crippen molar-refractivity contribution in [1.82, 2.24) is 9.78 Å². The quantitative estimate of drug-likeness (QED) is 0.892. The summed E-state index contributed by atoms with van der Waals surface area (Å²) in [5.74, 6) is 0.214. The Balaban J connectivity index is 2.20. The van der Waals surface area contributed by atoms with Crippen LogP contribution in [0.3, 0.4) is 0 Å². The Labute approximate surface area is 147 Å². The highest BCUT2D eigenvalue weighted by Crippen LogP contribution is 2.48. The van der Waals surface area contributed by atoms with Crippen molar-refractivity contribution in [3.8, 4) is 6.07 Å². The van der Waals surface area contributed by atoms with Crippen LogP contribution in [0.15, 0.2) is 29.0 Å². The Kier molecular flexibility index (Phi) is 3.98. The van der Waals surface area contributed by atoms with Crippen molar-refractivity contribution in [3.05, 3.63) is 40.2 Å². The van der Waals surface area contributed by atoms with Crippen molar-refractivity contribution in [1.29, 1.82) is 5.26 Å². The van der Waals surface area contributed by atoms with Crippen molar-refractivity contribution in [2.45, 2.75) is 59.4 Å². The zero-order chi connectivity index (χ0) is 18.5. The van der Waals surface area contributed by atoms with Gasteiger partial charge >= 0.3 is 0 Å². The lowest BCUT2D eigenvalue weighted by Crippen LogP contribution is -2.33. The topological polar surface area (TPSA) is 93.9 Å². The number of nitrogens with two attached hydrogens (primary N) is 1. The Hall–Kier alpha value is -2.55. The molecule has 3 rings (SSSR count). The van der Waals surface area contributed by atoms with Crippen molar-refractivity contribution in [2.24, 2.45) is 11.1 Å². The second-order valence-corrected chi connectivity index (χ2v) is 7.95. The zero-order valence-electron chi connectivity index (χ0n) is 15.4. The Morgan fingerprint density at radius 1 is 1.44 bits per heavy atom. The molecule has 0 unspecified atom stereocenters. The van der Waals surface area contributed by atoms with E-state index in [0.29, 0.717) is 29.7 Å². The number of rotatable bonds is 2. The minimum absolute atomic E-state index is 0.0215. The molecular weight excluding hydrogens is 316 g/mol. The molecule has 2 N–H and O–H groups in total. The molecule has 2 aliphatic rings. The lowest BCUT2D eigenvalue weighted by atomic mass is 9.70. The molecule has 0 amide bonds. The van der Waals surface area contributed by atoms with Gasteiger partial charge in [0.2, 0.25) is 5.88 Å². The van der Waals surface area contributed by atoms with Gasteiger partial charge < -0.3 is 10.5 Å². The van der Waals surface area contributed by atoms with Crippen LogP contribution in [-0.2, 0) is 9.53 Å². The van der Waals surface area contributed by atoms with Crippen LogP contribution in [0.2, 0.25) is 0 Å². The van der Waals surface area contributed by atoms with E-state index in [-0.39, 0.29) is 23.1 Å². The summed E-state index contributed by atoms with van der Waals surface area (Å²) in [5.41, 5.74) is 8.36. The third kappa shape index (κ3) is 2.84. The molecule has 0 bridgehead atoms. The fraction of sp³-hybridized carbons (Fsp3) is 0.526. The highest BCUT2D eigenvalue weighted by molar-refractivity contribution is 6.00. The molecular formula is C19H24N4O2. The molecule has 0 fully saturated rings. The van der Waals surface area contributed by atoms with Gasteiger partial charge in [-0.1, -0.05) is 13.8 Å². The van der Waals surface area contributed by atoms with Gasteiger partial charge in [0.1, 0.15) is 17.4 Å². The van der Waals surface area contributed by atoms with Crippen molar-refractivity contribution < 1.29 is 9.53 Å². The van der Waals surface area contributed by atoms with Gasteiger partial charge in [-0.05, 0) is 26.2 Å². The minimum atomic E-state index is -0.496. The van der Waals surface area contributed by atoms with Gasteiger partial charge in [0.25, 0.3) is 0 Å². The Bertz CT molecular complexity index is 849. The summed E-state index contributed by atoms with van der Waals surface area (Å²) < 4.78 is 7.56. The molecule has 6 nitrogen and oxygen atoms in total. The van der Waals surface area contributed by atoms with E-state index in [0.717, 1.165) is 11.3 Å². The fourth-order valence-corrected chi connectivity index (χ4v) is 3.64. The van der Waals surface area contributed by atoms with E-state index in [1.54, 1.807) is 0 Å². The summed E-state index contributed by atoms with van der Waals surface area (Å²) in [4.78, 5) is 12.9. The van der Waals surface area contributed by atoms with Crippen LogP contribution >= 0.6 is 0 Å². The Morgan fingerprint density at radius 3 is 2.68 bits per heavy atom. The Morgan fingerprint density at radius 2 is 2.12 bits per heavy atom. The van der Waals surface area contributed by atoms with Gasteiger partial charge in [0, 0.05) is 36.2 Å². The third-order valence-corrected chi connectivity index (χ3v) is 4.87.